The van der Waals surface area contributed by atoms with Gasteiger partial charge in [-0.25, -0.2) is 4.79 Å². The van der Waals surface area contributed by atoms with Crippen LogP contribution < -0.4 is 0 Å². The van der Waals surface area contributed by atoms with Gasteiger partial charge in [0.2, 0.25) is 0 Å². The lowest BCUT2D eigenvalue weighted by atomic mass is 9.50. The van der Waals surface area contributed by atoms with Crippen molar-refractivity contribution >= 4 is 17.7 Å². The molecule has 0 aromatic heterocycles. The highest BCUT2D eigenvalue weighted by atomic mass is 19.4. The summed E-state index contributed by atoms with van der Waals surface area (Å²) in [5.41, 5.74) is -1.06. The Kier molecular flexibility index (Phi) is 7.92. The first-order valence-electron chi connectivity index (χ1n) is 16.0. The number of hydrogen-bond donors (Lipinski definition) is 1. The minimum Gasteiger partial charge on any atom is -0.383 e. The fourth-order valence-electron chi connectivity index (χ4n) is 9.14. The number of alkyl halides is 5. The summed E-state index contributed by atoms with van der Waals surface area (Å²) in [4.78, 5) is 42.8. The zero-order valence-electron chi connectivity index (χ0n) is 26.3. The van der Waals surface area contributed by atoms with Crippen LogP contribution in [0.4, 0.5) is 26.7 Å². The quantitative estimate of drug-likeness (QED) is 0.411. The highest BCUT2D eigenvalue weighted by molar-refractivity contribution is 5.94. The molecule has 1 saturated heterocycles. The van der Waals surface area contributed by atoms with E-state index >= 15 is 8.78 Å². The van der Waals surface area contributed by atoms with Crippen LogP contribution in [0.15, 0.2) is 47.1 Å². The van der Waals surface area contributed by atoms with Crippen LogP contribution in [0.25, 0.3) is 0 Å². The minimum absolute atomic E-state index is 0.0184. The Morgan fingerprint density at radius 3 is 2.17 bits per heavy atom. The molecule has 1 aromatic carbocycles. The van der Waals surface area contributed by atoms with E-state index in [4.69, 9.17) is 0 Å². The Bertz CT molecular complexity index is 1490. The van der Waals surface area contributed by atoms with Crippen LogP contribution in [-0.2, 0) is 4.79 Å². The maximum atomic E-state index is 15.2. The Hall–Kier alpha value is -3.28. The summed E-state index contributed by atoms with van der Waals surface area (Å²) in [6.45, 7) is 2.91. The van der Waals surface area contributed by atoms with Crippen LogP contribution in [0.3, 0.4) is 0 Å². The zero-order valence-corrected chi connectivity index (χ0v) is 26.3. The van der Waals surface area contributed by atoms with Gasteiger partial charge in [-0.15, -0.1) is 0 Å². The molecule has 5 aliphatic rings. The Morgan fingerprint density at radius 2 is 1.57 bits per heavy atom. The number of ketones is 1. The summed E-state index contributed by atoms with van der Waals surface area (Å²) in [6.07, 6.45) is -3.17. The van der Waals surface area contributed by atoms with Crippen molar-refractivity contribution < 1.29 is 41.4 Å². The molecule has 1 N–H and O–H groups in total. The van der Waals surface area contributed by atoms with Crippen LogP contribution in [-0.4, -0.2) is 95.5 Å². The molecule has 12 heteroatoms. The van der Waals surface area contributed by atoms with Crippen LogP contribution in [0.1, 0.15) is 73.7 Å². The number of fused-ring (bicyclic) bond motifs is 4. The number of aliphatic hydroxyl groups is 1. The Labute approximate surface area is 265 Å². The number of nitrogens with zero attached hydrogens (tertiary/aromatic N) is 3. The van der Waals surface area contributed by atoms with Gasteiger partial charge >= 0.3 is 18.1 Å². The van der Waals surface area contributed by atoms with Gasteiger partial charge < -0.3 is 19.8 Å². The number of urea groups is 1. The average molecular weight is 650 g/mol. The van der Waals surface area contributed by atoms with E-state index in [1.165, 1.54) is 11.8 Å². The zero-order chi connectivity index (χ0) is 33.4. The number of allylic oxidation sites excluding steroid dienone is 4. The molecule has 2 unspecified atom stereocenters. The van der Waals surface area contributed by atoms with Crippen LogP contribution in [0, 0.1) is 17.3 Å². The van der Waals surface area contributed by atoms with Crippen molar-refractivity contribution in [3.05, 3.63) is 58.2 Å². The SMILES string of the molecule is CN(C)C(=O)N1CCN(C(=O)c2ccc([C@H]3CC4(C)[C@@H](CC[C@@]4(O)C(F)(F)C(F)(F)F)C4CCC5=CC(=O)CCC5=C43)cc2)CC1. The number of rotatable bonds is 3. The van der Waals surface area contributed by atoms with Crippen LogP contribution in [0.2, 0.25) is 0 Å². The lowest BCUT2D eigenvalue weighted by Crippen LogP contribution is -2.65. The molecule has 7 nitrogen and oxygen atoms in total. The molecule has 0 bridgehead atoms. The van der Waals surface area contributed by atoms with Gasteiger partial charge in [-0.05, 0) is 85.3 Å². The van der Waals surface area contributed by atoms with Crippen molar-refractivity contribution in [3.63, 3.8) is 0 Å². The standard InChI is InChI=1S/C34H40F5N3O4/c1-31-19-26(20-4-6-21(7-5-20)29(44)41-14-16-42(17-15-41)30(45)40(2)3)28-24-11-9-23(43)18-22(24)8-10-25(28)27(31)12-13-32(31,46)33(35,36)34(37,38)39/h4-7,18,25-27,46H,8-17,19H2,1-3H3/t25?,26-,27+,31?,32+/m1/s1. The van der Waals surface area contributed by atoms with Gasteiger partial charge in [-0.1, -0.05) is 24.6 Å². The molecular formula is C34H40F5N3O4. The summed E-state index contributed by atoms with van der Waals surface area (Å²) < 4.78 is 71.9. The third kappa shape index (κ3) is 4.88. The maximum absolute atomic E-state index is 15.2. The highest BCUT2D eigenvalue weighted by Gasteiger charge is 2.79. The fourth-order valence-corrected chi connectivity index (χ4v) is 9.14. The molecule has 1 aromatic rings. The monoisotopic (exact) mass is 649 g/mol. The van der Waals surface area contributed by atoms with Gasteiger partial charge in [0, 0.05) is 63.6 Å². The minimum atomic E-state index is -5.91. The van der Waals surface area contributed by atoms with E-state index in [9.17, 15) is 32.7 Å². The average Bonchev–Trinajstić information content (AvgIpc) is 3.30. The largest absolute Gasteiger partial charge is 0.456 e. The van der Waals surface area contributed by atoms with Crippen molar-refractivity contribution in [3.8, 4) is 0 Å². The third-order valence-corrected chi connectivity index (χ3v) is 11.5. The fraction of sp³-hybridized carbons (Fsp3) is 0.618. The number of hydrogen-bond acceptors (Lipinski definition) is 4. The van der Waals surface area contributed by atoms with E-state index in [2.05, 4.69) is 0 Å². The second-order valence-corrected chi connectivity index (χ2v) is 14.0. The predicted molar refractivity (Wildman–Crippen MR) is 159 cm³/mol. The van der Waals surface area contributed by atoms with Crippen LogP contribution in [0.5, 0.6) is 0 Å². The molecule has 0 spiro atoms. The predicted octanol–water partition coefficient (Wildman–Crippen LogP) is 5.95. The van der Waals surface area contributed by atoms with Gasteiger partial charge in [0.1, 0.15) is 5.60 Å². The summed E-state index contributed by atoms with van der Waals surface area (Å²) >= 11 is 0. The molecule has 1 aliphatic heterocycles. The molecule has 4 aliphatic carbocycles. The highest BCUT2D eigenvalue weighted by Crippen LogP contribution is 2.70. The first-order valence-corrected chi connectivity index (χ1v) is 16.0. The molecule has 5 atom stereocenters. The van der Waals surface area contributed by atoms with Crippen molar-refractivity contribution in [2.24, 2.45) is 17.3 Å². The first kappa shape index (κ1) is 32.7. The van der Waals surface area contributed by atoms with E-state index in [1.807, 2.05) is 0 Å². The van der Waals surface area contributed by atoms with Gasteiger partial charge in [0.15, 0.2) is 5.78 Å². The third-order valence-electron chi connectivity index (χ3n) is 11.5. The molecule has 3 fully saturated rings. The van der Waals surface area contributed by atoms with Gasteiger partial charge in [0.25, 0.3) is 5.91 Å². The number of piperazine rings is 1. The summed E-state index contributed by atoms with van der Waals surface area (Å²) in [7, 11) is 3.33. The van der Waals surface area contributed by atoms with Crippen molar-refractivity contribution in [2.45, 2.75) is 75.5 Å². The number of amides is 3. The first-order chi connectivity index (χ1) is 21.5. The van der Waals surface area contributed by atoms with Gasteiger partial charge in [-0.2, -0.15) is 22.0 Å². The van der Waals surface area contributed by atoms with Crippen molar-refractivity contribution in [2.75, 3.05) is 40.3 Å². The van der Waals surface area contributed by atoms with E-state index in [1.54, 1.807) is 54.2 Å². The second-order valence-electron chi connectivity index (χ2n) is 14.0. The molecule has 46 heavy (non-hydrogen) atoms. The number of halogens is 5. The van der Waals surface area contributed by atoms with Gasteiger partial charge in [0.05, 0.1) is 0 Å². The topological polar surface area (TPSA) is 81.2 Å². The van der Waals surface area contributed by atoms with E-state index in [-0.39, 0.29) is 36.5 Å². The molecule has 3 amide bonds. The lowest BCUT2D eigenvalue weighted by molar-refractivity contribution is -0.362. The van der Waals surface area contributed by atoms with Gasteiger partial charge in [-0.3, -0.25) is 9.59 Å². The van der Waals surface area contributed by atoms with Crippen molar-refractivity contribution in [1.29, 1.82) is 0 Å². The smallest absolute Gasteiger partial charge is 0.383 e. The molecule has 1 heterocycles. The molecule has 0 radical (unpaired) electrons. The maximum Gasteiger partial charge on any atom is 0.456 e. The number of carbonyl (C=O) groups excluding carboxylic acids is 3. The Morgan fingerprint density at radius 1 is 0.935 bits per heavy atom. The molecule has 2 saturated carbocycles. The summed E-state index contributed by atoms with van der Waals surface area (Å²) in [6, 6.07) is 6.65. The normalized spacial score (nSPS) is 31.6. The van der Waals surface area contributed by atoms with E-state index < -0.39 is 41.4 Å². The molecular weight excluding hydrogens is 609 g/mol. The number of carbonyl (C=O) groups is 3. The summed E-state index contributed by atoms with van der Waals surface area (Å²) in [5, 5.41) is 11.5. The summed E-state index contributed by atoms with van der Waals surface area (Å²) in [5.74, 6) is -6.97. The Balaban J connectivity index is 1.34. The van der Waals surface area contributed by atoms with E-state index in [0.717, 1.165) is 16.7 Å². The van der Waals surface area contributed by atoms with Crippen molar-refractivity contribution in [1.82, 2.24) is 14.7 Å². The molecule has 250 valence electrons. The second kappa shape index (κ2) is 11.2. The van der Waals surface area contributed by atoms with Crippen LogP contribution >= 0.6 is 0 Å². The molecule has 6 rings (SSSR count). The number of benzene rings is 1. The van der Waals surface area contributed by atoms with E-state index in [0.29, 0.717) is 63.0 Å². The lowest BCUT2D eigenvalue weighted by Gasteiger charge is -2.56.